The number of ketones is 1. The van der Waals surface area contributed by atoms with E-state index in [0.29, 0.717) is 28.5 Å². The average Bonchev–Trinajstić information content (AvgIpc) is 3.35. The smallest absolute Gasteiger partial charge is 0.300 e. The summed E-state index contributed by atoms with van der Waals surface area (Å²) in [5.41, 5.74) is 4.61. The lowest BCUT2D eigenvalue weighted by Gasteiger charge is -2.26. The van der Waals surface area contributed by atoms with E-state index in [9.17, 15) is 14.7 Å². The molecule has 1 unspecified atom stereocenters. The van der Waals surface area contributed by atoms with Crippen LogP contribution in [0.15, 0.2) is 52.5 Å². The number of rotatable bonds is 5. The maximum atomic E-state index is 13.5. The topological polar surface area (TPSA) is 80.0 Å². The highest BCUT2D eigenvalue weighted by Crippen LogP contribution is 2.45. The van der Waals surface area contributed by atoms with E-state index in [1.807, 2.05) is 65.0 Å². The third-order valence-corrected chi connectivity index (χ3v) is 6.76. The Morgan fingerprint density at radius 3 is 2.34 bits per heavy atom. The molecular weight excluding hydrogens is 442 g/mol. The van der Waals surface area contributed by atoms with Gasteiger partial charge in [-0.05, 0) is 86.2 Å². The number of nitrogens with zero attached hydrogens (tertiary/aromatic N) is 1. The Hall–Kier alpha value is -3.80. The fourth-order valence-corrected chi connectivity index (χ4v) is 4.67. The Bertz CT molecular complexity index is 1360. The molecule has 0 radical (unpaired) electrons. The summed E-state index contributed by atoms with van der Waals surface area (Å²) in [4.78, 5) is 28.3. The van der Waals surface area contributed by atoms with Crippen molar-refractivity contribution in [1.82, 2.24) is 0 Å². The van der Waals surface area contributed by atoms with Gasteiger partial charge < -0.3 is 14.3 Å². The number of carbonyl (C=O) groups is 2. The molecule has 1 amide bonds. The molecule has 1 N–H and O–H groups in total. The highest BCUT2D eigenvalue weighted by Gasteiger charge is 2.49. The zero-order valence-electron chi connectivity index (χ0n) is 21.2. The minimum atomic E-state index is -0.895. The zero-order chi connectivity index (χ0) is 25.6. The molecule has 0 spiro atoms. The number of methoxy groups -OCH3 is 1. The minimum absolute atomic E-state index is 0.00762. The van der Waals surface area contributed by atoms with Crippen LogP contribution in [-0.2, 0) is 9.59 Å². The summed E-state index contributed by atoms with van der Waals surface area (Å²) in [6.07, 6.45) is 0. The second-order valence-corrected chi connectivity index (χ2v) is 9.40. The number of anilines is 1. The van der Waals surface area contributed by atoms with E-state index in [-0.39, 0.29) is 17.3 Å². The van der Waals surface area contributed by atoms with Crippen LogP contribution in [0.2, 0.25) is 0 Å². The van der Waals surface area contributed by atoms with Crippen molar-refractivity contribution in [3.05, 3.63) is 87.4 Å². The van der Waals surface area contributed by atoms with Gasteiger partial charge in [0, 0.05) is 11.3 Å². The van der Waals surface area contributed by atoms with Crippen molar-refractivity contribution in [2.24, 2.45) is 0 Å². The van der Waals surface area contributed by atoms with Crippen LogP contribution in [0.4, 0.5) is 5.69 Å². The lowest BCUT2D eigenvalue weighted by molar-refractivity contribution is -0.132. The molecule has 182 valence electrons. The van der Waals surface area contributed by atoms with E-state index in [0.717, 1.165) is 22.3 Å². The number of ether oxygens (including phenoxy) is 1. The summed E-state index contributed by atoms with van der Waals surface area (Å²) >= 11 is 0. The Labute approximate surface area is 205 Å². The Morgan fingerprint density at radius 1 is 1.03 bits per heavy atom. The van der Waals surface area contributed by atoms with Gasteiger partial charge in [-0.2, -0.15) is 0 Å². The summed E-state index contributed by atoms with van der Waals surface area (Å²) in [5.74, 6) is 0.227. The molecule has 0 aliphatic carbocycles. The first-order valence-electron chi connectivity index (χ1n) is 11.7. The number of hydrogen-bond acceptors (Lipinski definition) is 5. The summed E-state index contributed by atoms with van der Waals surface area (Å²) in [6.45, 7) is 11.6. The molecule has 4 rings (SSSR count). The summed E-state index contributed by atoms with van der Waals surface area (Å²) in [6, 6.07) is 11.9. The quantitative estimate of drug-likeness (QED) is 0.268. The highest BCUT2D eigenvalue weighted by molar-refractivity contribution is 6.51. The van der Waals surface area contributed by atoms with Gasteiger partial charge in [0.15, 0.2) is 0 Å². The Balaban J connectivity index is 2.00. The Morgan fingerprint density at radius 2 is 1.74 bits per heavy atom. The van der Waals surface area contributed by atoms with E-state index < -0.39 is 17.7 Å². The zero-order valence-corrected chi connectivity index (χ0v) is 21.2. The molecule has 1 saturated heterocycles. The van der Waals surface area contributed by atoms with Crippen LogP contribution in [0.25, 0.3) is 5.76 Å². The number of carbonyl (C=O) groups excluding carboxylic acids is 2. The number of aliphatic hydroxyl groups is 1. The maximum Gasteiger partial charge on any atom is 0.300 e. The molecule has 35 heavy (non-hydrogen) atoms. The van der Waals surface area contributed by atoms with E-state index in [2.05, 4.69) is 0 Å². The van der Waals surface area contributed by atoms with Gasteiger partial charge in [0.1, 0.15) is 29.1 Å². The minimum Gasteiger partial charge on any atom is -0.507 e. The fourth-order valence-electron chi connectivity index (χ4n) is 4.67. The van der Waals surface area contributed by atoms with Gasteiger partial charge >= 0.3 is 0 Å². The Kier molecular flexibility index (Phi) is 6.32. The largest absolute Gasteiger partial charge is 0.507 e. The van der Waals surface area contributed by atoms with Gasteiger partial charge in [-0.15, -0.1) is 0 Å². The number of aliphatic hydroxyl groups excluding tert-OH is 1. The molecule has 0 saturated carbocycles. The van der Waals surface area contributed by atoms with Gasteiger partial charge in [-0.1, -0.05) is 26.0 Å². The van der Waals surface area contributed by atoms with Crippen molar-refractivity contribution < 1.29 is 23.8 Å². The fraction of sp³-hybridized carbons (Fsp3) is 0.310. The second-order valence-electron chi connectivity index (χ2n) is 9.40. The standard InChI is InChI=1S/C29H31NO5/c1-15(2)20-14-21(17(4)13-24(20)34-7)27(31)25-26(23-12-11-18(5)35-23)30(29(33)28(25)32)22-10-8-9-16(3)19(22)6/h8-15,26,31H,1-7H3/b27-25+. The van der Waals surface area contributed by atoms with Crippen molar-refractivity contribution in [3.63, 3.8) is 0 Å². The molecule has 1 aliphatic rings. The molecule has 1 atom stereocenters. The molecule has 3 aromatic rings. The molecule has 0 bridgehead atoms. The van der Waals surface area contributed by atoms with E-state index in [1.165, 1.54) is 4.90 Å². The molecule has 1 aliphatic heterocycles. The summed E-state index contributed by atoms with van der Waals surface area (Å²) in [5, 5.41) is 11.6. The number of benzene rings is 2. The third-order valence-electron chi connectivity index (χ3n) is 6.76. The van der Waals surface area contributed by atoms with Crippen LogP contribution in [0.3, 0.4) is 0 Å². The van der Waals surface area contributed by atoms with Gasteiger partial charge in [0.25, 0.3) is 11.7 Å². The normalized spacial score (nSPS) is 17.5. The highest BCUT2D eigenvalue weighted by atomic mass is 16.5. The van der Waals surface area contributed by atoms with Crippen molar-refractivity contribution in [2.75, 3.05) is 12.0 Å². The number of hydrogen-bond donors (Lipinski definition) is 1. The number of amides is 1. The monoisotopic (exact) mass is 473 g/mol. The van der Waals surface area contributed by atoms with Crippen molar-refractivity contribution >= 4 is 23.1 Å². The first-order chi connectivity index (χ1) is 16.6. The summed E-state index contributed by atoms with van der Waals surface area (Å²) in [7, 11) is 1.61. The van der Waals surface area contributed by atoms with E-state index in [4.69, 9.17) is 9.15 Å². The van der Waals surface area contributed by atoms with Gasteiger partial charge in [-0.25, -0.2) is 0 Å². The third kappa shape index (κ3) is 4.03. The van der Waals surface area contributed by atoms with Crippen molar-refractivity contribution in [2.45, 2.75) is 53.5 Å². The molecule has 6 heteroatoms. The molecule has 2 heterocycles. The number of aryl methyl sites for hydroxylation is 3. The van der Waals surface area contributed by atoms with Gasteiger partial charge in [-0.3, -0.25) is 14.5 Å². The molecule has 1 aromatic heterocycles. The van der Waals surface area contributed by atoms with Crippen LogP contribution in [-0.4, -0.2) is 23.9 Å². The van der Waals surface area contributed by atoms with Crippen LogP contribution < -0.4 is 9.64 Å². The predicted octanol–water partition coefficient (Wildman–Crippen LogP) is 6.27. The van der Waals surface area contributed by atoms with Gasteiger partial charge in [0.05, 0.1) is 12.7 Å². The molecule has 6 nitrogen and oxygen atoms in total. The van der Waals surface area contributed by atoms with Crippen LogP contribution >= 0.6 is 0 Å². The SMILES string of the molecule is COc1cc(C)c(/C(O)=C2\C(=O)C(=O)N(c3cccc(C)c3C)C2c2ccc(C)o2)cc1C(C)C. The average molecular weight is 474 g/mol. The molecule has 2 aromatic carbocycles. The van der Waals surface area contributed by atoms with Crippen LogP contribution in [0.5, 0.6) is 5.75 Å². The van der Waals surface area contributed by atoms with E-state index in [1.54, 1.807) is 26.2 Å². The predicted molar refractivity (Wildman–Crippen MR) is 136 cm³/mol. The summed E-state index contributed by atoms with van der Waals surface area (Å²) < 4.78 is 11.5. The van der Waals surface area contributed by atoms with Crippen LogP contribution in [0.1, 0.15) is 65.1 Å². The van der Waals surface area contributed by atoms with Crippen LogP contribution in [0, 0.1) is 27.7 Å². The second kappa shape index (κ2) is 9.10. The lowest BCUT2D eigenvalue weighted by Crippen LogP contribution is -2.30. The number of Topliss-reactive ketones (excluding diaryl/α,β-unsaturated/α-hetero) is 1. The lowest BCUT2D eigenvalue weighted by atomic mass is 9.92. The van der Waals surface area contributed by atoms with Gasteiger partial charge in [0.2, 0.25) is 0 Å². The molecular formula is C29H31NO5. The van der Waals surface area contributed by atoms with Crippen molar-refractivity contribution in [1.29, 1.82) is 0 Å². The maximum absolute atomic E-state index is 13.5. The van der Waals surface area contributed by atoms with E-state index >= 15 is 0 Å². The molecule has 1 fully saturated rings. The number of furan rings is 1. The first-order valence-corrected chi connectivity index (χ1v) is 11.7. The first kappa shape index (κ1) is 24.3. The van der Waals surface area contributed by atoms with Crippen molar-refractivity contribution in [3.8, 4) is 5.75 Å².